The molecule has 20 heavy (non-hydrogen) atoms. The molecule has 6 heteroatoms. The topological polar surface area (TPSA) is 101 Å². The van der Waals surface area contributed by atoms with Crippen molar-refractivity contribution < 1.29 is 14.4 Å². The summed E-state index contributed by atoms with van der Waals surface area (Å²) in [5, 5.41) is 4.80. The lowest BCUT2D eigenvalue weighted by Gasteiger charge is -2.22. The van der Waals surface area contributed by atoms with E-state index in [0.29, 0.717) is 17.7 Å². The molecule has 0 radical (unpaired) electrons. The minimum absolute atomic E-state index is 0.223. The number of carbonyl (C=O) groups is 3. The van der Waals surface area contributed by atoms with Crippen molar-refractivity contribution in [3.63, 3.8) is 0 Å². The summed E-state index contributed by atoms with van der Waals surface area (Å²) in [5.74, 6) is -1.19. The molecule has 0 aromatic heterocycles. The fourth-order valence-corrected chi connectivity index (χ4v) is 2.11. The maximum atomic E-state index is 12.1. The van der Waals surface area contributed by atoms with Gasteiger partial charge in [-0.1, -0.05) is 13.0 Å². The molecule has 1 aliphatic heterocycles. The van der Waals surface area contributed by atoms with Crippen LogP contribution in [0.2, 0.25) is 0 Å². The average Bonchev–Trinajstić information content (AvgIpc) is 2.41. The molecule has 1 atom stereocenters. The van der Waals surface area contributed by atoms with Gasteiger partial charge in [-0.05, 0) is 30.5 Å². The van der Waals surface area contributed by atoms with Gasteiger partial charge in [0.1, 0.15) is 6.04 Å². The Labute approximate surface area is 116 Å². The van der Waals surface area contributed by atoms with Crippen LogP contribution < -0.4 is 16.4 Å². The molecule has 1 unspecified atom stereocenters. The second kappa shape index (κ2) is 5.73. The summed E-state index contributed by atoms with van der Waals surface area (Å²) < 4.78 is 0. The Hall–Kier alpha value is -2.37. The summed E-state index contributed by atoms with van der Waals surface area (Å²) in [6.45, 7) is 2.00. The lowest BCUT2D eigenvalue weighted by molar-refractivity contribution is -0.134. The van der Waals surface area contributed by atoms with E-state index >= 15 is 0 Å². The van der Waals surface area contributed by atoms with Gasteiger partial charge in [-0.15, -0.1) is 0 Å². The summed E-state index contributed by atoms with van der Waals surface area (Å²) in [7, 11) is 0. The molecule has 0 bridgehead atoms. The van der Waals surface area contributed by atoms with Crippen molar-refractivity contribution in [2.24, 2.45) is 0 Å². The molecule has 0 aliphatic carbocycles. The summed E-state index contributed by atoms with van der Waals surface area (Å²) in [4.78, 5) is 34.7. The molecule has 1 saturated heterocycles. The first kappa shape index (κ1) is 14.0. The largest absolute Gasteiger partial charge is 0.398 e. The van der Waals surface area contributed by atoms with Crippen molar-refractivity contribution in [2.75, 3.05) is 5.73 Å². The first-order chi connectivity index (χ1) is 9.51. The first-order valence-electron chi connectivity index (χ1n) is 6.54. The zero-order valence-electron chi connectivity index (χ0n) is 11.2. The number of piperidine rings is 1. The molecule has 3 amide bonds. The van der Waals surface area contributed by atoms with Crippen molar-refractivity contribution >= 4 is 23.4 Å². The van der Waals surface area contributed by atoms with Crippen molar-refractivity contribution in [2.45, 2.75) is 32.2 Å². The van der Waals surface area contributed by atoms with Gasteiger partial charge in [0, 0.05) is 12.1 Å². The SMILES string of the molecule is CCc1ccc(C(=O)NC2CCC(=O)NC2=O)c(N)c1. The van der Waals surface area contributed by atoms with Crippen LogP contribution in [-0.2, 0) is 16.0 Å². The quantitative estimate of drug-likeness (QED) is 0.548. The van der Waals surface area contributed by atoms with E-state index in [4.69, 9.17) is 5.73 Å². The van der Waals surface area contributed by atoms with Gasteiger partial charge >= 0.3 is 0 Å². The van der Waals surface area contributed by atoms with E-state index in [1.165, 1.54) is 0 Å². The molecular formula is C14H17N3O3. The number of imide groups is 1. The standard InChI is InChI=1S/C14H17N3O3/c1-2-8-3-4-9(10(15)7-8)13(19)16-11-5-6-12(18)17-14(11)20/h3-4,7,11H,2,5-6,15H2,1H3,(H,16,19)(H,17,18,20). The van der Waals surface area contributed by atoms with Crippen molar-refractivity contribution in [3.8, 4) is 0 Å². The van der Waals surface area contributed by atoms with Gasteiger partial charge < -0.3 is 11.1 Å². The lowest BCUT2D eigenvalue weighted by atomic mass is 10.0. The fraction of sp³-hybridized carbons (Fsp3) is 0.357. The van der Waals surface area contributed by atoms with Gasteiger partial charge in [0.05, 0.1) is 5.56 Å². The summed E-state index contributed by atoms with van der Waals surface area (Å²) in [6, 6.07) is 4.54. The lowest BCUT2D eigenvalue weighted by Crippen LogP contribution is -2.52. The Morgan fingerprint density at radius 1 is 1.45 bits per heavy atom. The van der Waals surface area contributed by atoms with Crippen molar-refractivity contribution in [1.82, 2.24) is 10.6 Å². The molecule has 4 N–H and O–H groups in total. The molecule has 1 aliphatic rings. The smallest absolute Gasteiger partial charge is 0.254 e. The minimum Gasteiger partial charge on any atom is -0.398 e. The number of nitrogens with one attached hydrogen (secondary N) is 2. The number of nitrogen functional groups attached to an aromatic ring is 1. The highest BCUT2D eigenvalue weighted by molar-refractivity contribution is 6.05. The third-order valence-electron chi connectivity index (χ3n) is 3.31. The van der Waals surface area contributed by atoms with Crippen LogP contribution in [0.25, 0.3) is 0 Å². The van der Waals surface area contributed by atoms with E-state index in [1.807, 2.05) is 13.0 Å². The maximum absolute atomic E-state index is 12.1. The number of hydrogen-bond donors (Lipinski definition) is 3. The van der Waals surface area contributed by atoms with E-state index < -0.39 is 17.9 Å². The third-order valence-corrected chi connectivity index (χ3v) is 3.31. The summed E-state index contributed by atoms with van der Waals surface area (Å²) in [6.07, 6.45) is 1.36. The van der Waals surface area contributed by atoms with Crippen LogP contribution in [0.1, 0.15) is 35.7 Å². The first-order valence-corrected chi connectivity index (χ1v) is 6.54. The van der Waals surface area contributed by atoms with Gasteiger partial charge in [-0.2, -0.15) is 0 Å². The fourth-order valence-electron chi connectivity index (χ4n) is 2.11. The Kier molecular flexibility index (Phi) is 4.02. The normalized spacial score (nSPS) is 18.6. The highest BCUT2D eigenvalue weighted by Gasteiger charge is 2.28. The number of benzene rings is 1. The Morgan fingerprint density at radius 2 is 2.20 bits per heavy atom. The van der Waals surface area contributed by atoms with E-state index in [9.17, 15) is 14.4 Å². The number of amides is 3. The van der Waals surface area contributed by atoms with E-state index in [-0.39, 0.29) is 12.3 Å². The Bertz CT molecular complexity index is 569. The second-order valence-electron chi connectivity index (χ2n) is 4.75. The van der Waals surface area contributed by atoms with Crippen LogP contribution in [0.3, 0.4) is 0 Å². The number of carbonyl (C=O) groups excluding carboxylic acids is 3. The van der Waals surface area contributed by atoms with E-state index in [0.717, 1.165) is 12.0 Å². The molecule has 106 valence electrons. The van der Waals surface area contributed by atoms with Gasteiger partial charge in [-0.3, -0.25) is 19.7 Å². The van der Waals surface area contributed by atoms with E-state index in [2.05, 4.69) is 10.6 Å². The molecule has 2 rings (SSSR count). The van der Waals surface area contributed by atoms with Crippen LogP contribution in [0.4, 0.5) is 5.69 Å². The summed E-state index contributed by atoms with van der Waals surface area (Å²) in [5.41, 5.74) is 7.61. The van der Waals surface area contributed by atoms with Crippen LogP contribution >= 0.6 is 0 Å². The number of hydrogen-bond acceptors (Lipinski definition) is 4. The number of anilines is 1. The van der Waals surface area contributed by atoms with Gasteiger partial charge in [-0.25, -0.2) is 0 Å². The maximum Gasteiger partial charge on any atom is 0.254 e. The van der Waals surface area contributed by atoms with Crippen molar-refractivity contribution in [3.05, 3.63) is 29.3 Å². The van der Waals surface area contributed by atoms with Gasteiger partial charge in [0.25, 0.3) is 5.91 Å². The highest BCUT2D eigenvalue weighted by atomic mass is 16.2. The van der Waals surface area contributed by atoms with Crippen LogP contribution in [0, 0.1) is 0 Å². The molecule has 0 spiro atoms. The highest BCUT2D eigenvalue weighted by Crippen LogP contribution is 2.15. The minimum atomic E-state index is -0.689. The third kappa shape index (κ3) is 2.96. The summed E-state index contributed by atoms with van der Waals surface area (Å²) >= 11 is 0. The van der Waals surface area contributed by atoms with Crippen LogP contribution in [0.5, 0.6) is 0 Å². The monoisotopic (exact) mass is 275 g/mol. The molecule has 6 nitrogen and oxygen atoms in total. The molecule has 1 aromatic carbocycles. The molecular weight excluding hydrogens is 258 g/mol. The van der Waals surface area contributed by atoms with Crippen LogP contribution in [0.15, 0.2) is 18.2 Å². The number of rotatable bonds is 3. The molecule has 1 heterocycles. The number of nitrogens with two attached hydrogens (primary N) is 1. The van der Waals surface area contributed by atoms with Crippen molar-refractivity contribution in [1.29, 1.82) is 0 Å². The zero-order valence-corrected chi connectivity index (χ0v) is 11.2. The zero-order chi connectivity index (χ0) is 14.7. The Balaban J connectivity index is 2.08. The molecule has 0 saturated carbocycles. The molecule has 1 aromatic rings. The average molecular weight is 275 g/mol. The predicted octanol–water partition coefficient (Wildman–Crippen LogP) is 0.366. The second-order valence-corrected chi connectivity index (χ2v) is 4.75. The van der Waals surface area contributed by atoms with E-state index in [1.54, 1.807) is 12.1 Å². The molecule has 1 fully saturated rings. The Morgan fingerprint density at radius 3 is 2.80 bits per heavy atom. The van der Waals surface area contributed by atoms with Gasteiger partial charge in [0.15, 0.2) is 0 Å². The predicted molar refractivity (Wildman–Crippen MR) is 73.9 cm³/mol. The van der Waals surface area contributed by atoms with Crippen LogP contribution in [-0.4, -0.2) is 23.8 Å². The van der Waals surface area contributed by atoms with Gasteiger partial charge in [0.2, 0.25) is 11.8 Å². The number of aryl methyl sites for hydroxylation is 1.